The van der Waals surface area contributed by atoms with E-state index >= 15 is 0 Å². The van der Waals surface area contributed by atoms with E-state index < -0.39 is 6.04 Å². The van der Waals surface area contributed by atoms with Crippen LogP contribution in [0.25, 0.3) is 0 Å². The maximum absolute atomic E-state index is 13.3. The number of thioether (sulfide) groups is 1. The molecule has 1 aromatic heterocycles. The molecule has 1 atom stereocenters. The fourth-order valence-electron chi connectivity index (χ4n) is 3.11. The van der Waals surface area contributed by atoms with Crippen molar-refractivity contribution in [2.45, 2.75) is 10.9 Å². The second-order valence-electron chi connectivity index (χ2n) is 6.30. The Kier molecular flexibility index (Phi) is 5.45. The second-order valence-corrected chi connectivity index (χ2v) is 8.30. The van der Waals surface area contributed by atoms with E-state index in [1.165, 1.54) is 40.1 Å². The first kappa shape index (κ1) is 18.7. The van der Waals surface area contributed by atoms with Gasteiger partial charge in [0.1, 0.15) is 12.4 Å². The van der Waals surface area contributed by atoms with E-state index in [9.17, 15) is 14.0 Å². The molecule has 2 heterocycles. The molecular weight excluding hydrogens is 395 g/mol. The van der Waals surface area contributed by atoms with Gasteiger partial charge in [-0.1, -0.05) is 30.3 Å². The lowest BCUT2D eigenvalue weighted by atomic mass is 10.1. The van der Waals surface area contributed by atoms with Crippen LogP contribution < -0.4 is 10.2 Å². The van der Waals surface area contributed by atoms with Crippen molar-refractivity contribution in [3.8, 4) is 0 Å². The monoisotopic (exact) mass is 412 g/mol. The first-order valence-electron chi connectivity index (χ1n) is 8.72. The summed E-state index contributed by atoms with van der Waals surface area (Å²) in [5, 5.41) is 4.93. The highest BCUT2D eigenvalue weighted by atomic mass is 32.2. The van der Waals surface area contributed by atoms with Gasteiger partial charge in [0.25, 0.3) is 0 Å². The summed E-state index contributed by atoms with van der Waals surface area (Å²) in [7, 11) is 0. The molecular formula is C21H17FN2O2S2. The third kappa shape index (κ3) is 3.95. The number of thiophene rings is 1. The lowest BCUT2D eigenvalue weighted by Crippen LogP contribution is -2.44. The van der Waals surface area contributed by atoms with Crippen LogP contribution in [0, 0.1) is 5.82 Å². The summed E-state index contributed by atoms with van der Waals surface area (Å²) in [4.78, 5) is 28.7. The number of para-hydroxylation sites is 1. The van der Waals surface area contributed by atoms with Gasteiger partial charge in [0.15, 0.2) is 0 Å². The molecule has 0 spiro atoms. The van der Waals surface area contributed by atoms with E-state index in [1.54, 1.807) is 12.1 Å². The smallest absolute Gasteiger partial charge is 0.240 e. The minimum atomic E-state index is -0.391. The largest absolute Gasteiger partial charge is 0.343 e. The second kappa shape index (κ2) is 8.16. The van der Waals surface area contributed by atoms with Crippen molar-refractivity contribution in [3.63, 3.8) is 0 Å². The third-order valence-electron chi connectivity index (χ3n) is 4.45. The van der Waals surface area contributed by atoms with Crippen molar-refractivity contribution in [3.05, 3.63) is 82.3 Å². The number of anilines is 1. The highest BCUT2D eigenvalue weighted by molar-refractivity contribution is 8.00. The Morgan fingerprint density at radius 1 is 1.11 bits per heavy atom. The number of carbonyl (C=O) groups excluding carboxylic acids is 2. The maximum Gasteiger partial charge on any atom is 0.240 e. The van der Waals surface area contributed by atoms with Crippen molar-refractivity contribution in [2.24, 2.45) is 0 Å². The van der Waals surface area contributed by atoms with Crippen LogP contribution >= 0.6 is 23.1 Å². The maximum atomic E-state index is 13.3. The van der Waals surface area contributed by atoms with Gasteiger partial charge in [0.2, 0.25) is 11.8 Å². The number of nitrogens with zero attached hydrogens (tertiary/aromatic N) is 1. The number of rotatable bonds is 5. The minimum Gasteiger partial charge on any atom is -0.343 e. The normalized spacial score (nSPS) is 14.5. The fourth-order valence-corrected chi connectivity index (χ4v) is 4.85. The lowest BCUT2D eigenvalue weighted by molar-refractivity contribution is -0.123. The molecule has 0 radical (unpaired) electrons. The Hall–Kier alpha value is -2.64. The van der Waals surface area contributed by atoms with Crippen molar-refractivity contribution < 1.29 is 14.0 Å². The van der Waals surface area contributed by atoms with Gasteiger partial charge in [-0.25, -0.2) is 4.39 Å². The first-order chi connectivity index (χ1) is 13.6. The van der Waals surface area contributed by atoms with E-state index in [2.05, 4.69) is 5.32 Å². The van der Waals surface area contributed by atoms with Crippen molar-refractivity contribution in [1.29, 1.82) is 0 Å². The van der Waals surface area contributed by atoms with Gasteiger partial charge in [0.05, 0.1) is 17.5 Å². The van der Waals surface area contributed by atoms with Crippen LogP contribution in [0.3, 0.4) is 0 Å². The zero-order valence-electron chi connectivity index (χ0n) is 14.8. The van der Waals surface area contributed by atoms with Crippen LogP contribution in [0.15, 0.2) is 70.9 Å². The number of amides is 2. The van der Waals surface area contributed by atoms with Crippen LogP contribution in [-0.2, 0) is 9.59 Å². The van der Waals surface area contributed by atoms with E-state index in [1.807, 2.05) is 41.8 Å². The fraction of sp³-hybridized carbons (Fsp3) is 0.143. The summed E-state index contributed by atoms with van der Waals surface area (Å²) in [6.45, 7) is -0.0561. The molecule has 0 saturated carbocycles. The van der Waals surface area contributed by atoms with E-state index in [0.717, 1.165) is 21.0 Å². The molecule has 4 rings (SSSR count). The van der Waals surface area contributed by atoms with E-state index in [0.29, 0.717) is 5.75 Å². The molecule has 1 aliphatic rings. The number of hydrogen-bond acceptors (Lipinski definition) is 4. The average Bonchev–Trinajstić information content (AvgIpc) is 3.24. The zero-order chi connectivity index (χ0) is 19.5. The van der Waals surface area contributed by atoms with Crippen LogP contribution in [0.5, 0.6) is 0 Å². The summed E-state index contributed by atoms with van der Waals surface area (Å²) in [5.41, 5.74) is 1.55. The number of benzene rings is 2. The molecule has 0 aliphatic carbocycles. The molecule has 7 heteroatoms. The van der Waals surface area contributed by atoms with E-state index in [-0.39, 0.29) is 24.2 Å². The number of fused-ring (bicyclic) bond motifs is 1. The van der Waals surface area contributed by atoms with Gasteiger partial charge >= 0.3 is 0 Å². The van der Waals surface area contributed by atoms with Crippen LogP contribution in [-0.4, -0.2) is 24.1 Å². The minimum absolute atomic E-state index is 0.0561. The summed E-state index contributed by atoms with van der Waals surface area (Å²) in [6, 6.07) is 17.1. The molecule has 0 fully saturated rings. The van der Waals surface area contributed by atoms with E-state index in [4.69, 9.17) is 0 Å². The Bertz CT molecular complexity index is 990. The van der Waals surface area contributed by atoms with Gasteiger partial charge in [0, 0.05) is 9.77 Å². The topological polar surface area (TPSA) is 49.4 Å². The van der Waals surface area contributed by atoms with Crippen molar-refractivity contribution in [2.75, 3.05) is 17.2 Å². The summed E-state index contributed by atoms with van der Waals surface area (Å²) in [6.07, 6.45) is 0. The molecule has 142 valence electrons. The molecule has 1 aliphatic heterocycles. The molecule has 2 aromatic carbocycles. The van der Waals surface area contributed by atoms with Crippen molar-refractivity contribution >= 4 is 40.6 Å². The summed E-state index contributed by atoms with van der Waals surface area (Å²) >= 11 is 3.00. The number of halogens is 1. The molecule has 2 amide bonds. The molecule has 4 nitrogen and oxygen atoms in total. The average molecular weight is 413 g/mol. The molecule has 1 unspecified atom stereocenters. The van der Waals surface area contributed by atoms with Crippen molar-refractivity contribution in [1.82, 2.24) is 5.32 Å². The third-order valence-corrected chi connectivity index (χ3v) is 6.43. The molecule has 0 bridgehead atoms. The predicted molar refractivity (Wildman–Crippen MR) is 110 cm³/mol. The number of nitrogens with one attached hydrogen (secondary N) is 1. The Balaban J connectivity index is 1.55. The SMILES string of the molecule is O=C(CN1C(=O)CSc2ccccc21)NC(c1ccc(F)cc1)c1cccs1. The van der Waals surface area contributed by atoms with Gasteiger partial charge < -0.3 is 10.2 Å². The Morgan fingerprint density at radius 3 is 2.64 bits per heavy atom. The van der Waals surface area contributed by atoms with Gasteiger partial charge in [-0.15, -0.1) is 23.1 Å². The standard InChI is InChI=1S/C21H17FN2O2S2/c22-15-9-7-14(8-10-15)21(18-6-3-11-27-18)23-19(25)12-24-16-4-1-2-5-17(16)28-13-20(24)26/h1-11,21H,12-13H2,(H,23,25). The van der Waals surface area contributed by atoms with Crippen LogP contribution in [0.2, 0.25) is 0 Å². The number of carbonyl (C=O) groups is 2. The summed E-state index contributed by atoms with van der Waals surface area (Å²) < 4.78 is 13.3. The van der Waals surface area contributed by atoms with Gasteiger partial charge in [-0.3, -0.25) is 9.59 Å². The number of hydrogen-bond donors (Lipinski definition) is 1. The van der Waals surface area contributed by atoms with Crippen LogP contribution in [0.1, 0.15) is 16.5 Å². The highest BCUT2D eigenvalue weighted by Gasteiger charge is 2.27. The summed E-state index contributed by atoms with van der Waals surface area (Å²) in [5.74, 6) is -0.365. The Morgan fingerprint density at radius 2 is 1.89 bits per heavy atom. The first-order valence-corrected chi connectivity index (χ1v) is 10.6. The lowest BCUT2D eigenvalue weighted by Gasteiger charge is -2.29. The molecule has 3 aromatic rings. The van der Waals surface area contributed by atoms with Gasteiger partial charge in [-0.2, -0.15) is 0 Å². The highest BCUT2D eigenvalue weighted by Crippen LogP contribution is 2.35. The molecule has 0 saturated heterocycles. The quantitative estimate of drug-likeness (QED) is 0.682. The van der Waals surface area contributed by atoms with Gasteiger partial charge in [-0.05, 0) is 41.3 Å². The Labute approximate surface area is 170 Å². The molecule has 1 N–H and O–H groups in total. The van der Waals surface area contributed by atoms with Crippen LogP contribution in [0.4, 0.5) is 10.1 Å². The molecule has 28 heavy (non-hydrogen) atoms. The zero-order valence-corrected chi connectivity index (χ0v) is 16.4. The predicted octanol–water partition coefficient (Wildman–Crippen LogP) is 4.23.